The van der Waals surface area contributed by atoms with Crippen LogP contribution in [0.5, 0.6) is 0 Å². The summed E-state index contributed by atoms with van der Waals surface area (Å²) < 4.78 is 11.1. The Hall–Kier alpha value is -2.08. The average Bonchev–Trinajstić information content (AvgIpc) is 3.02. The van der Waals surface area contributed by atoms with Gasteiger partial charge in [-0.2, -0.15) is 0 Å². The van der Waals surface area contributed by atoms with E-state index in [9.17, 15) is 9.59 Å². The number of rotatable bonds is 1. The summed E-state index contributed by atoms with van der Waals surface area (Å²) in [5.74, 6) is -1.19. The molecule has 0 bridgehead atoms. The average molecular weight is 348 g/mol. The van der Waals surface area contributed by atoms with Gasteiger partial charge in [0.2, 0.25) is 0 Å². The molecule has 0 saturated heterocycles. The van der Waals surface area contributed by atoms with Gasteiger partial charge in [0.1, 0.15) is 13.2 Å². The molecule has 1 N–H and O–H groups in total. The van der Waals surface area contributed by atoms with Crippen molar-refractivity contribution in [2.45, 2.75) is 5.92 Å². The van der Waals surface area contributed by atoms with E-state index in [0.717, 1.165) is 21.4 Å². The van der Waals surface area contributed by atoms with Crippen LogP contribution in [0.3, 0.4) is 0 Å². The molecule has 1 aromatic rings. The van der Waals surface area contributed by atoms with Crippen molar-refractivity contribution in [1.29, 1.82) is 0 Å². The van der Waals surface area contributed by atoms with Crippen LogP contribution in [0.1, 0.15) is 11.5 Å². The van der Waals surface area contributed by atoms with E-state index in [2.05, 4.69) is 21.2 Å². The number of hydrogen-bond donors (Lipinski definition) is 1. The van der Waals surface area contributed by atoms with E-state index in [0.29, 0.717) is 11.1 Å². The molecule has 21 heavy (non-hydrogen) atoms. The highest BCUT2D eigenvalue weighted by molar-refractivity contribution is 9.10. The third-order valence-corrected chi connectivity index (χ3v) is 4.34. The minimum atomic E-state index is -0.432. The van der Waals surface area contributed by atoms with Crippen LogP contribution in [0.4, 0.5) is 0 Å². The first-order chi connectivity index (χ1) is 10.1. The van der Waals surface area contributed by atoms with Gasteiger partial charge in [0.15, 0.2) is 0 Å². The predicted molar refractivity (Wildman–Crippen MR) is 76.0 cm³/mol. The number of carbonyl (C=O) groups excluding carboxylic acids is 2. The molecule has 5 nitrogen and oxygen atoms in total. The number of cyclic esters (lactones) is 2. The van der Waals surface area contributed by atoms with E-state index in [1.54, 1.807) is 0 Å². The van der Waals surface area contributed by atoms with Crippen molar-refractivity contribution in [3.8, 4) is 0 Å². The number of benzene rings is 1. The quantitative estimate of drug-likeness (QED) is 0.784. The van der Waals surface area contributed by atoms with Gasteiger partial charge in [-0.25, -0.2) is 9.59 Å². The molecule has 0 amide bonds. The first-order valence-corrected chi connectivity index (χ1v) is 7.27. The lowest BCUT2D eigenvalue weighted by atomic mass is 9.81. The zero-order valence-corrected chi connectivity index (χ0v) is 12.4. The van der Waals surface area contributed by atoms with Crippen LogP contribution in [0.2, 0.25) is 0 Å². The number of hydrogen-bond acceptors (Lipinski definition) is 5. The second kappa shape index (κ2) is 4.46. The van der Waals surface area contributed by atoms with Crippen LogP contribution in [0.25, 0.3) is 0 Å². The maximum Gasteiger partial charge on any atom is 0.337 e. The lowest BCUT2D eigenvalue weighted by molar-refractivity contribution is -0.136. The Morgan fingerprint density at radius 1 is 1.05 bits per heavy atom. The minimum Gasteiger partial charge on any atom is -0.456 e. The SMILES string of the molecule is O=C1OCC2=C1C(c1cccc(Br)c1)C1=C(COC1=O)N2. The molecule has 0 saturated carbocycles. The Bertz CT molecular complexity index is 710. The summed E-state index contributed by atoms with van der Waals surface area (Å²) in [5, 5.41) is 3.11. The summed E-state index contributed by atoms with van der Waals surface area (Å²) in [5.41, 5.74) is 3.32. The fraction of sp³-hybridized carbons (Fsp3) is 0.200. The normalized spacial score (nSPS) is 21.0. The molecule has 0 fully saturated rings. The summed E-state index contributed by atoms with van der Waals surface area (Å²) in [4.78, 5) is 24.1. The van der Waals surface area contributed by atoms with Gasteiger partial charge in [0, 0.05) is 4.47 Å². The molecule has 3 aliphatic rings. The third kappa shape index (κ3) is 1.82. The zero-order valence-electron chi connectivity index (χ0n) is 10.8. The molecular weight excluding hydrogens is 338 g/mol. The molecule has 0 aliphatic carbocycles. The van der Waals surface area contributed by atoms with Crippen molar-refractivity contribution in [3.63, 3.8) is 0 Å². The highest BCUT2D eigenvalue weighted by Crippen LogP contribution is 2.43. The Morgan fingerprint density at radius 2 is 1.67 bits per heavy atom. The monoisotopic (exact) mass is 347 g/mol. The molecule has 0 aromatic heterocycles. The molecule has 0 spiro atoms. The Morgan fingerprint density at radius 3 is 2.24 bits per heavy atom. The topological polar surface area (TPSA) is 64.6 Å². The largest absolute Gasteiger partial charge is 0.456 e. The van der Waals surface area contributed by atoms with Gasteiger partial charge >= 0.3 is 11.9 Å². The van der Waals surface area contributed by atoms with E-state index in [1.807, 2.05) is 24.3 Å². The number of ether oxygens (including phenoxy) is 2. The van der Waals surface area contributed by atoms with Crippen LogP contribution in [-0.2, 0) is 19.1 Å². The van der Waals surface area contributed by atoms with Crippen LogP contribution < -0.4 is 5.32 Å². The third-order valence-electron chi connectivity index (χ3n) is 3.85. The van der Waals surface area contributed by atoms with Crippen LogP contribution in [-0.4, -0.2) is 25.2 Å². The Balaban J connectivity index is 1.91. The van der Waals surface area contributed by atoms with Crippen LogP contribution >= 0.6 is 15.9 Å². The molecule has 106 valence electrons. The molecular formula is C15H10BrNO4. The molecule has 6 heteroatoms. The molecule has 3 heterocycles. The lowest BCUT2D eigenvalue weighted by Gasteiger charge is -2.24. The fourth-order valence-corrected chi connectivity index (χ4v) is 3.39. The van der Waals surface area contributed by atoms with E-state index in [-0.39, 0.29) is 25.2 Å². The van der Waals surface area contributed by atoms with Gasteiger partial charge in [0.05, 0.1) is 28.5 Å². The first kappa shape index (κ1) is 12.6. The second-order valence-electron chi connectivity index (χ2n) is 5.05. The second-order valence-corrected chi connectivity index (χ2v) is 5.97. The first-order valence-electron chi connectivity index (χ1n) is 6.48. The van der Waals surface area contributed by atoms with Gasteiger partial charge in [-0.05, 0) is 17.7 Å². The number of halogens is 1. The summed E-state index contributed by atoms with van der Waals surface area (Å²) in [6.45, 7) is 0.424. The van der Waals surface area contributed by atoms with E-state index < -0.39 is 5.92 Å². The van der Waals surface area contributed by atoms with Crippen molar-refractivity contribution < 1.29 is 19.1 Å². The molecule has 1 aromatic carbocycles. The standard InChI is InChI=1S/C15H10BrNO4/c16-8-3-1-2-7(4-8)11-12-9(5-20-14(12)18)17-10-6-21-15(19)13(10)11/h1-4,11,17H,5-6H2. The van der Waals surface area contributed by atoms with Gasteiger partial charge < -0.3 is 14.8 Å². The summed E-state index contributed by atoms with van der Waals surface area (Å²) in [6, 6.07) is 7.58. The summed E-state index contributed by atoms with van der Waals surface area (Å²) in [6.07, 6.45) is 0. The summed E-state index contributed by atoms with van der Waals surface area (Å²) in [7, 11) is 0. The number of carbonyl (C=O) groups is 2. The molecule has 0 unspecified atom stereocenters. The van der Waals surface area contributed by atoms with Crippen molar-refractivity contribution in [2.24, 2.45) is 0 Å². The van der Waals surface area contributed by atoms with Crippen molar-refractivity contribution >= 4 is 27.9 Å². The molecule has 3 aliphatic heterocycles. The van der Waals surface area contributed by atoms with Crippen molar-refractivity contribution in [3.05, 3.63) is 56.8 Å². The van der Waals surface area contributed by atoms with Gasteiger partial charge in [-0.1, -0.05) is 28.1 Å². The number of nitrogens with one attached hydrogen (secondary N) is 1. The minimum absolute atomic E-state index is 0.212. The maximum atomic E-state index is 12.1. The fourth-order valence-electron chi connectivity index (χ4n) is 2.97. The van der Waals surface area contributed by atoms with E-state index >= 15 is 0 Å². The van der Waals surface area contributed by atoms with Crippen molar-refractivity contribution in [1.82, 2.24) is 5.32 Å². The lowest BCUT2D eigenvalue weighted by Crippen LogP contribution is -2.27. The number of dihydropyridines is 1. The molecule has 0 atom stereocenters. The predicted octanol–water partition coefficient (Wildman–Crippen LogP) is 1.76. The molecule has 0 radical (unpaired) electrons. The highest BCUT2D eigenvalue weighted by Gasteiger charge is 2.45. The number of esters is 2. The molecule has 4 rings (SSSR count). The van der Waals surface area contributed by atoms with E-state index in [4.69, 9.17) is 9.47 Å². The van der Waals surface area contributed by atoms with E-state index in [1.165, 1.54) is 0 Å². The Labute approximate surface area is 128 Å². The van der Waals surface area contributed by atoms with Crippen LogP contribution in [0.15, 0.2) is 51.3 Å². The zero-order chi connectivity index (χ0) is 14.6. The highest BCUT2D eigenvalue weighted by atomic mass is 79.9. The smallest absolute Gasteiger partial charge is 0.337 e. The van der Waals surface area contributed by atoms with Gasteiger partial charge in [-0.3, -0.25) is 0 Å². The van der Waals surface area contributed by atoms with Gasteiger partial charge in [-0.15, -0.1) is 0 Å². The maximum absolute atomic E-state index is 12.1. The van der Waals surface area contributed by atoms with Crippen LogP contribution in [0, 0.1) is 0 Å². The summed E-state index contributed by atoms with van der Waals surface area (Å²) >= 11 is 3.42. The van der Waals surface area contributed by atoms with Gasteiger partial charge in [0.25, 0.3) is 0 Å². The Kier molecular flexibility index (Phi) is 2.68. The van der Waals surface area contributed by atoms with Crippen molar-refractivity contribution in [2.75, 3.05) is 13.2 Å².